The van der Waals surface area contributed by atoms with Gasteiger partial charge in [0.2, 0.25) is 0 Å². The quantitative estimate of drug-likeness (QED) is 0.486. The molecule has 23 heavy (non-hydrogen) atoms. The normalized spacial score (nSPS) is 20.6. The van der Waals surface area contributed by atoms with Crippen LogP contribution in [0.1, 0.15) is 43.6 Å². The van der Waals surface area contributed by atoms with Crippen molar-refractivity contribution in [2.75, 3.05) is 0 Å². The average Bonchev–Trinajstić information content (AvgIpc) is 2.42. The number of aromatic nitrogens is 1. The highest BCUT2D eigenvalue weighted by Gasteiger charge is 2.41. The van der Waals surface area contributed by atoms with Crippen LogP contribution in [0.15, 0.2) is 17.7 Å². The van der Waals surface area contributed by atoms with E-state index in [1.807, 2.05) is 0 Å². The molecule has 1 aliphatic rings. The van der Waals surface area contributed by atoms with Crippen molar-refractivity contribution in [2.45, 2.75) is 39.8 Å². The summed E-state index contributed by atoms with van der Waals surface area (Å²) in [7, 11) is 0. The van der Waals surface area contributed by atoms with Gasteiger partial charge in [0, 0.05) is 23.1 Å². The summed E-state index contributed by atoms with van der Waals surface area (Å²) in [4.78, 5) is 27.8. The molecule has 1 saturated carbocycles. The summed E-state index contributed by atoms with van der Waals surface area (Å²) in [5.74, 6) is -1.62. The van der Waals surface area contributed by atoms with Gasteiger partial charge in [-0.25, -0.2) is 4.98 Å². The molecule has 4 nitrogen and oxygen atoms in total. The Hall–Kier alpha value is -2.18. The number of pyridine rings is 1. The smallest absolute Gasteiger partial charge is 0.433 e. The minimum atomic E-state index is -4.61. The van der Waals surface area contributed by atoms with Gasteiger partial charge in [0.05, 0.1) is 0 Å². The lowest BCUT2D eigenvalue weighted by atomic mass is 9.72. The van der Waals surface area contributed by atoms with E-state index in [1.165, 1.54) is 6.92 Å². The Balaban J connectivity index is 2.56. The minimum absolute atomic E-state index is 0.0487. The van der Waals surface area contributed by atoms with Gasteiger partial charge in [-0.1, -0.05) is 13.8 Å². The van der Waals surface area contributed by atoms with Gasteiger partial charge in [-0.3, -0.25) is 9.59 Å². The minimum Gasteiger partial charge on any atom is -0.506 e. The molecule has 1 aromatic rings. The monoisotopic (exact) mass is 327 g/mol. The number of alkyl halides is 3. The third kappa shape index (κ3) is 3.13. The van der Waals surface area contributed by atoms with Crippen LogP contribution in [0.4, 0.5) is 13.2 Å². The Morgan fingerprint density at radius 3 is 2.39 bits per heavy atom. The zero-order chi connectivity index (χ0) is 17.6. The van der Waals surface area contributed by atoms with Crippen LogP contribution in [0.2, 0.25) is 0 Å². The summed E-state index contributed by atoms with van der Waals surface area (Å²) < 4.78 is 37.9. The van der Waals surface area contributed by atoms with E-state index in [4.69, 9.17) is 0 Å². The van der Waals surface area contributed by atoms with Crippen LogP contribution in [0.3, 0.4) is 0 Å². The molecule has 0 aromatic carbocycles. The molecular weight excluding hydrogens is 311 g/mol. The molecule has 0 spiro atoms. The van der Waals surface area contributed by atoms with Crippen molar-refractivity contribution in [1.82, 2.24) is 4.98 Å². The lowest BCUT2D eigenvalue weighted by molar-refractivity contribution is -0.141. The topological polar surface area (TPSA) is 67.3 Å². The van der Waals surface area contributed by atoms with Gasteiger partial charge >= 0.3 is 6.18 Å². The van der Waals surface area contributed by atoms with Gasteiger partial charge in [-0.2, -0.15) is 13.2 Å². The number of Topliss-reactive ketones (excluding diaryl/α,β-unsaturated/α-hetero) is 2. The highest BCUT2D eigenvalue weighted by molar-refractivity contribution is 6.27. The Morgan fingerprint density at radius 1 is 1.26 bits per heavy atom. The zero-order valence-corrected chi connectivity index (χ0v) is 12.9. The molecule has 2 rings (SSSR count). The molecule has 7 heteroatoms. The number of rotatable bonds is 1. The summed E-state index contributed by atoms with van der Waals surface area (Å²) >= 11 is 0. The second-order valence-electron chi connectivity index (χ2n) is 6.19. The summed E-state index contributed by atoms with van der Waals surface area (Å²) in [6.07, 6.45) is -4.14. The number of ketones is 2. The Bertz CT molecular complexity index is 718. The first-order valence-corrected chi connectivity index (χ1v) is 7.01. The molecule has 0 atom stereocenters. The van der Waals surface area contributed by atoms with E-state index in [-0.39, 0.29) is 23.3 Å². The fraction of sp³-hybridized carbons (Fsp3) is 0.438. The number of allylic oxidation sites excluding steroid dienone is 1. The summed E-state index contributed by atoms with van der Waals surface area (Å²) in [5.41, 5.74) is -2.41. The van der Waals surface area contributed by atoms with E-state index in [0.29, 0.717) is 12.5 Å². The fourth-order valence-electron chi connectivity index (χ4n) is 2.47. The number of halogens is 3. The van der Waals surface area contributed by atoms with Crippen molar-refractivity contribution >= 4 is 17.3 Å². The first-order chi connectivity index (χ1) is 10.4. The molecule has 0 aliphatic heterocycles. The molecule has 124 valence electrons. The Kier molecular flexibility index (Phi) is 4.09. The fourth-order valence-corrected chi connectivity index (χ4v) is 2.47. The third-order valence-electron chi connectivity index (χ3n) is 3.97. The standard InChI is InChI=1S/C16H16F3NO3/c1-8-9(4-5-11(20-8)16(17,18)19)13(22)12-10(21)6-7-15(2,3)14(12)23/h4-5,22H,6-7H2,1-3H3/b13-12-. The second kappa shape index (κ2) is 5.47. The van der Waals surface area contributed by atoms with E-state index in [9.17, 15) is 27.9 Å². The highest BCUT2D eigenvalue weighted by Crippen LogP contribution is 2.37. The number of aryl methyl sites for hydroxylation is 1. The van der Waals surface area contributed by atoms with Crippen molar-refractivity contribution < 1.29 is 27.9 Å². The van der Waals surface area contributed by atoms with Gasteiger partial charge in [0.15, 0.2) is 11.6 Å². The molecule has 1 aliphatic carbocycles. The van der Waals surface area contributed by atoms with Crippen molar-refractivity contribution in [1.29, 1.82) is 0 Å². The number of aliphatic hydroxyl groups excluding tert-OH is 1. The lowest BCUT2D eigenvalue weighted by Crippen LogP contribution is -2.35. The maximum absolute atomic E-state index is 12.6. The van der Waals surface area contributed by atoms with Crippen LogP contribution in [-0.2, 0) is 15.8 Å². The first kappa shape index (κ1) is 17.2. The lowest BCUT2D eigenvalue weighted by Gasteiger charge is -2.29. The second-order valence-corrected chi connectivity index (χ2v) is 6.19. The number of hydrogen-bond donors (Lipinski definition) is 1. The Labute approximate surface area is 131 Å². The maximum Gasteiger partial charge on any atom is 0.433 e. The maximum atomic E-state index is 12.6. The van der Waals surface area contributed by atoms with Gasteiger partial charge in [-0.15, -0.1) is 0 Å². The van der Waals surface area contributed by atoms with Crippen molar-refractivity contribution in [3.63, 3.8) is 0 Å². The van der Waals surface area contributed by atoms with E-state index in [1.54, 1.807) is 13.8 Å². The molecule has 1 N–H and O–H groups in total. The van der Waals surface area contributed by atoms with Crippen molar-refractivity contribution in [2.24, 2.45) is 5.41 Å². The van der Waals surface area contributed by atoms with E-state index in [2.05, 4.69) is 4.98 Å². The number of carbonyl (C=O) groups excluding carboxylic acids is 2. The molecule has 0 amide bonds. The van der Waals surface area contributed by atoms with Crippen molar-refractivity contribution in [3.05, 3.63) is 34.7 Å². The van der Waals surface area contributed by atoms with Crippen LogP contribution in [-0.4, -0.2) is 21.7 Å². The molecule has 0 unspecified atom stereocenters. The van der Waals surface area contributed by atoms with Crippen LogP contribution >= 0.6 is 0 Å². The highest BCUT2D eigenvalue weighted by atomic mass is 19.4. The van der Waals surface area contributed by atoms with Crippen LogP contribution < -0.4 is 0 Å². The number of carbonyl (C=O) groups is 2. The molecule has 1 heterocycles. The molecular formula is C16H16F3NO3. The molecule has 1 fully saturated rings. The molecule has 0 bridgehead atoms. The summed E-state index contributed by atoms with van der Waals surface area (Å²) in [6, 6.07) is 1.73. The third-order valence-corrected chi connectivity index (χ3v) is 3.97. The van der Waals surface area contributed by atoms with Crippen LogP contribution in [0, 0.1) is 12.3 Å². The van der Waals surface area contributed by atoms with Crippen LogP contribution in [0.25, 0.3) is 5.76 Å². The van der Waals surface area contributed by atoms with Gasteiger partial charge in [0.1, 0.15) is 17.0 Å². The van der Waals surface area contributed by atoms with Gasteiger partial charge in [0.25, 0.3) is 0 Å². The van der Waals surface area contributed by atoms with E-state index >= 15 is 0 Å². The molecule has 0 saturated heterocycles. The largest absolute Gasteiger partial charge is 0.506 e. The summed E-state index contributed by atoms with van der Waals surface area (Å²) in [5, 5.41) is 10.3. The predicted molar refractivity (Wildman–Crippen MR) is 76.6 cm³/mol. The SMILES string of the molecule is Cc1nc(C(F)(F)F)ccc1/C(O)=C1\C(=O)CCC(C)(C)C1=O. The number of hydrogen-bond acceptors (Lipinski definition) is 4. The van der Waals surface area contributed by atoms with Gasteiger partial charge in [-0.05, 0) is 25.5 Å². The molecule has 1 aromatic heterocycles. The number of nitrogens with zero attached hydrogens (tertiary/aromatic N) is 1. The molecule has 0 radical (unpaired) electrons. The first-order valence-electron chi connectivity index (χ1n) is 7.01. The van der Waals surface area contributed by atoms with E-state index in [0.717, 1.165) is 6.07 Å². The van der Waals surface area contributed by atoms with Gasteiger partial charge < -0.3 is 5.11 Å². The number of aliphatic hydroxyl groups is 1. The zero-order valence-electron chi connectivity index (χ0n) is 12.9. The average molecular weight is 327 g/mol. The Morgan fingerprint density at radius 2 is 1.87 bits per heavy atom. The van der Waals surface area contributed by atoms with E-state index < -0.39 is 34.6 Å². The van der Waals surface area contributed by atoms with Crippen molar-refractivity contribution in [3.8, 4) is 0 Å². The predicted octanol–water partition coefficient (Wildman–Crippen LogP) is 3.64. The summed E-state index contributed by atoms with van der Waals surface area (Å²) in [6.45, 7) is 4.60. The van der Waals surface area contributed by atoms with Crippen LogP contribution in [0.5, 0.6) is 0 Å².